The molecule has 3 amide bonds. The molecule has 6 nitrogen and oxygen atoms in total. The van der Waals surface area contributed by atoms with Gasteiger partial charge in [-0.2, -0.15) is 0 Å². The molecular weight excluding hydrogens is 210 g/mol. The van der Waals surface area contributed by atoms with E-state index in [-0.39, 0.29) is 30.2 Å². The number of amides is 3. The molecule has 1 atom stereocenters. The maximum Gasteiger partial charge on any atom is 0.242 e. The summed E-state index contributed by atoms with van der Waals surface area (Å²) in [7, 11) is 1.50. The molecule has 0 aromatic carbocycles. The van der Waals surface area contributed by atoms with Crippen LogP contribution < -0.4 is 16.0 Å². The average Bonchev–Trinajstić information content (AvgIpc) is 3.08. The monoisotopic (exact) mass is 227 g/mol. The topological polar surface area (TPSA) is 87.3 Å². The molecule has 1 aliphatic carbocycles. The second kappa shape index (κ2) is 5.48. The maximum absolute atomic E-state index is 11.3. The van der Waals surface area contributed by atoms with Gasteiger partial charge >= 0.3 is 0 Å². The summed E-state index contributed by atoms with van der Waals surface area (Å²) in [6.07, 6.45) is 1.81. The zero-order chi connectivity index (χ0) is 12.1. The largest absolute Gasteiger partial charge is 0.357 e. The second-order valence-corrected chi connectivity index (χ2v) is 3.90. The van der Waals surface area contributed by atoms with Crippen molar-refractivity contribution in [3.05, 3.63) is 0 Å². The molecule has 0 heterocycles. The van der Waals surface area contributed by atoms with Crippen molar-refractivity contribution in [2.24, 2.45) is 5.92 Å². The van der Waals surface area contributed by atoms with Crippen LogP contribution in [0.2, 0.25) is 0 Å². The molecular formula is C10H17N3O3. The molecule has 0 aromatic heterocycles. The van der Waals surface area contributed by atoms with E-state index >= 15 is 0 Å². The molecule has 1 aliphatic rings. The van der Waals surface area contributed by atoms with Gasteiger partial charge in [0, 0.05) is 13.0 Å². The summed E-state index contributed by atoms with van der Waals surface area (Å²) in [6, 6.07) is -0.588. The van der Waals surface area contributed by atoms with Crippen molar-refractivity contribution in [3.63, 3.8) is 0 Å². The van der Waals surface area contributed by atoms with Gasteiger partial charge in [0.2, 0.25) is 17.7 Å². The Bertz CT molecular complexity index is 300. The zero-order valence-electron chi connectivity index (χ0n) is 9.50. The highest BCUT2D eigenvalue weighted by Gasteiger charge is 2.29. The Hall–Kier alpha value is -1.59. The van der Waals surface area contributed by atoms with Crippen molar-refractivity contribution in [2.75, 3.05) is 13.6 Å². The normalized spacial score (nSPS) is 16.1. The molecule has 0 unspecified atom stereocenters. The number of nitrogens with one attached hydrogen (secondary N) is 3. The third kappa shape index (κ3) is 3.88. The summed E-state index contributed by atoms with van der Waals surface area (Å²) < 4.78 is 0. The summed E-state index contributed by atoms with van der Waals surface area (Å²) in [5, 5.41) is 7.43. The van der Waals surface area contributed by atoms with Gasteiger partial charge in [0.25, 0.3) is 0 Å². The molecule has 1 fully saturated rings. The highest BCUT2D eigenvalue weighted by molar-refractivity contribution is 5.90. The summed E-state index contributed by atoms with van der Waals surface area (Å²) in [4.78, 5) is 33.6. The lowest BCUT2D eigenvalue weighted by molar-refractivity contribution is -0.129. The van der Waals surface area contributed by atoms with Crippen LogP contribution in [0.25, 0.3) is 0 Å². The molecule has 90 valence electrons. The fourth-order valence-electron chi connectivity index (χ4n) is 1.23. The first kappa shape index (κ1) is 12.5. The van der Waals surface area contributed by atoms with Crippen LogP contribution in [0.5, 0.6) is 0 Å². The summed E-state index contributed by atoms with van der Waals surface area (Å²) >= 11 is 0. The molecule has 0 saturated heterocycles. The van der Waals surface area contributed by atoms with E-state index in [1.165, 1.54) is 7.05 Å². The summed E-state index contributed by atoms with van der Waals surface area (Å²) in [5.74, 6) is -0.612. The Kier molecular flexibility index (Phi) is 4.28. The van der Waals surface area contributed by atoms with Crippen molar-refractivity contribution in [1.29, 1.82) is 0 Å². The van der Waals surface area contributed by atoms with E-state index in [2.05, 4.69) is 16.0 Å². The molecule has 3 N–H and O–H groups in total. The van der Waals surface area contributed by atoms with Crippen LogP contribution in [0.1, 0.15) is 19.8 Å². The third-order valence-electron chi connectivity index (χ3n) is 2.39. The molecule has 6 heteroatoms. The van der Waals surface area contributed by atoms with E-state index in [1.807, 2.05) is 0 Å². The molecule has 1 saturated carbocycles. The van der Waals surface area contributed by atoms with Crippen molar-refractivity contribution >= 4 is 17.7 Å². The lowest BCUT2D eigenvalue weighted by atomic mass is 10.3. The SMILES string of the molecule is CNC(=O)[C@@H](C)NC(=O)CNC(=O)C1CC1. The van der Waals surface area contributed by atoms with Gasteiger partial charge in [-0.15, -0.1) is 0 Å². The van der Waals surface area contributed by atoms with Crippen LogP contribution in [0, 0.1) is 5.92 Å². The number of likely N-dealkylation sites (N-methyl/N-ethyl adjacent to an activating group) is 1. The summed E-state index contributed by atoms with van der Waals surface area (Å²) in [5.41, 5.74) is 0. The van der Waals surface area contributed by atoms with Crippen molar-refractivity contribution in [1.82, 2.24) is 16.0 Å². The zero-order valence-corrected chi connectivity index (χ0v) is 9.50. The minimum absolute atomic E-state index is 0.0728. The van der Waals surface area contributed by atoms with Crippen LogP contribution in [0.3, 0.4) is 0 Å². The number of hydrogen-bond acceptors (Lipinski definition) is 3. The van der Waals surface area contributed by atoms with Crippen LogP contribution in [0.15, 0.2) is 0 Å². The van der Waals surface area contributed by atoms with Gasteiger partial charge in [0.05, 0.1) is 6.54 Å². The first-order valence-corrected chi connectivity index (χ1v) is 5.33. The predicted octanol–water partition coefficient (Wildman–Crippen LogP) is -1.24. The van der Waals surface area contributed by atoms with Gasteiger partial charge in [-0.3, -0.25) is 14.4 Å². The Balaban J connectivity index is 2.19. The molecule has 0 aliphatic heterocycles. The molecule has 0 spiro atoms. The standard InChI is InChI=1S/C10H17N3O3/c1-6(9(15)11-2)13-8(14)5-12-10(16)7-3-4-7/h6-7H,3-5H2,1-2H3,(H,11,15)(H,12,16)(H,13,14)/t6-/m1/s1. The van der Waals surface area contributed by atoms with Crippen molar-refractivity contribution in [2.45, 2.75) is 25.8 Å². The molecule has 16 heavy (non-hydrogen) atoms. The number of carbonyl (C=O) groups excluding carboxylic acids is 3. The van der Waals surface area contributed by atoms with Gasteiger partial charge in [0.1, 0.15) is 6.04 Å². The third-order valence-corrected chi connectivity index (χ3v) is 2.39. The first-order chi connectivity index (χ1) is 7.54. The Morgan fingerprint density at radius 2 is 1.94 bits per heavy atom. The highest BCUT2D eigenvalue weighted by atomic mass is 16.2. The average molecular weight is 227 g/mol. The first-order valence-electron chi connectivity index (χ1n) is 5.33. The van der Waals surface area contributed by atoms with Crippen molar-refractivity contribution in [3.8, 4) is 0 Å². The lowest BCUT2D eigenvalue weighted by Crippen LogP contribution is -2.47. The number of rotatable bonds is 5. The Labute approximate surface area is 94.2 Å². The highest BCUT2D eigenvalue weighted by Crippen LogP contribution is 2.28. The van der Waals surface area contributed by atoms with E-state index < -0.39 is 6.04 Å². The maximum atomic E-state index is 11.3. The fraction of sp³-hybridized carbons (Fsp3) is 0.700. The van der Waals surface area contributed by atoms with Crippen LogP contribution >= 0.6 is 0 Å². The number of carbonyl (C=O) groups is 3. The van der Waals surface area contributed by atoms with Crippen LogP contribution in [0.4, 0.5) is 0 Å². The van der Waals surface area contributed by atoms with Crippen LogP contribution in [-0.4, -0.2) is 37.4 Å². The van der Waals surface area contributed by atoms with Crippen LogP contribution in [-0.2, 0) is 14.4 Å². The van der Waals surface area contributed by atoms with E-state index in [1.54, 1.807) is 6.92 Å². The molecule has 1 rings (SSSR count). The quantitative estimate of drug-likeness (QED) is 0.549. The van der Waals surface area contributed by atoms with E-state index in [9.17, 15) is 14.4 Å². The fourth-order valence-corrected chi connectivity index (χ4v) is 1.23. The lowest BCUT2D eigenvalue weighted by Gasteiger charge is -2.12. The Morgan fingerprint density at radius 3 is 2.44 bits per heavy atom. The van der Waals surface area contributed by atoms with Gasteiger partial charge in [0.15, 0.2) is 0 Å². The van der Waals surface area contributed by atoms with Crippen molar-refractivity contribution < 1.29 is 14.4 Å². The summed E-state index contributed by atoms with van der Waals surface area (Å²) in [6.45, 7) is 1.51. The second-order valence-electron chi connectivity index (χ2n) is 3.90. The predicted molar refractivity (Wildman–Crippen MR) is 57.4 cm³/mol. The van der Waals surface area contributed by atoms with Gasteiger partial charge in [-0.1, -0.05) is 0 Å². The number of hydrogen-bond donors (Lipinski definition) is 3. The van der Waals surface area contributed by atoms with Gasteiger partial charge in [-0.05, 0) is 19.8 Å². The van der Waals surface area contributed by atoms with E-state index in [0.29, 0.717) is 0 Å². The molecule has 0 aromatic rings. The van der Waals surface area contributed by atoms with E-state index in [4.69, 9.17) is 0 Å². The minimum Gasteiger partial charge on any atom is -0.357 e. The van der Waals surface area contributed by atoms with E-state index in [0.717, 1.165) is 12.8 Å². The molecule has 0 bridgehead atoms. The molecule has 0 radical (unpaired) electrons. The van der Waals surface area contributed by atoms with Gasteiger partial charge in [-0.25, -0.2) is 0 Å². The van der Waals surface area contributed by atoms with Gasteiger partial charge < -0.3 is 16.0 Å². The smallest absolute Gasteiger partial charge is 0.242 e. The Morgan fingerprint density at radius 1 is 1.31 bits per heavy atom. The minimum atomic E-state index is -0.588.